The molecule has 2 N–H and O–H groups in total. The molecule has 0 radical (unpaired) electrons. The van der Waals surface area contributed by atoms with Gasteiger partial charge >= 0.3 is 0 Å². The number of carbonyl (C=O) groups excluding carboxylic acids is 1. The van der Waals surface area contributed by atoms with Gasteiger partial charge in [0.15, 0.2) is 0 Å². The van der Waals surface area contributed by atoms with Gasteiger partial charge < -0.3 is 10.6 Å². The molecular weight excluding hydrogens is 336 g/mol. The Labute approximate surface area is 130 Å². The van der Waals surface area contributed by atoms with E-state index in [-0.39, 0.29) is 5.91 Å². The standard InChI is InChI=1S/C15H15BrN2OS/c16-12-6-8-20-14(12)9-18-15(19)11-3-1-5-13-10(11)4-2-7-17-13/h1,3,5-6,8,17H,2,4,7,9H2,(H,18,19). The Morgan fingerprint density at radius 1 is 1.40 bits per heavy atom. The van der Waals surface area contributed by atoms with Gasteiger partial charge in [-0.25, -0.2) is 0 Å². The number of anilines is 1. The number of rotatable bonds is 3. The van der Waals surface area contributed by atoms with E-state index in [0.29, 0.717) is 6.54 Å². The van der Waals surface area contributed by atoms with Crippen molar-refractivity contribution in [3.8, 4) is 0 Å². The summed E-state index contributed by atoms with van der Waals surface area (Å²) >= 11 is 5.12. The predicted octanol–water partition coefficient (Wildman–Crippen LogP) is 3.80. The van der Waals surface area contributed by atoms with Gasteiger partial charge in [-0.1, -0.05) is 6.07 Å². The van der Waals surface area contributed by atoms with Gasteiger partial charge in [0.05, 0.1) is 6.54 Å². The average molecular weight is 351 g/mol. The van der Waals surface area contributed by atoms with Crippen molar-refractivity contribution < 1.29 is 4.79 Å². The Balaban J connectivity index is 1.76. The number of thiophene rings is 1. The van der Waals surface area contributed by atoms with E-state index in [1.807, 2.05) is 29.6 Å². The fourth-order valence-corrected chi connectivity index (χ4v) is 3.86. The number of fused-ring (bicyclic) bond motifs is 1. The largest absolute Gasteiger partial charge is 0.385 e. The van der Waals surface area contributed by atoms with Gasteiger partial charge in [-0.3, -0.25) is 4.79 Å². The highest BCUT2D eigenvalue weighted by atomic mass is 79.9. The van der Waals surface area contributed by atoms with Crippen molar-refractivity contribution in [3.05, 3.63) is 50.1 Å². The molecule has 104 valence electrons. The zero-order valence-electron chi connectivity index (χ0n) is 10.9. The lowest BCUT2D eigenvalue weighted by Gasteiger charge is -2.20. The minimum absolute atomic E-state index is 0.00542. The Morgan fingerprint density at radius 3 is 3.10 bits per heavy atom. The van der Waals surface area contributed by atoms with E-state index in [1.54, 1.807) is 11.3 Å². The van der Waals surface area contributed by atoms with Gasteiger partial charge in [0, 0.05) is 27.1 Å². The van der Waals surface area contributed by atoms with E-state index in [2.05, 4.69) is 26.6 Å². The zero-order chi connectivity index (χ0) is 13.9. The first-order valence-electron chi connectivity index (χ1n) is 6.61. The molecule has 20 heavy (non-hydrogen) atoms. The number of hydrogen-bond donors (Lipinski definition) is 2. The van der Waals surface area contributed by atoms with Crippen LogP contribution in [0, 0.1) is 0 Å². The third kappa shape index (κ3) is 2.74. The maximum absolute atomic E-state index is 12.4. The highest BCUT2D eigenvalue weighted by molar-refractivity contribution is 9.10. The fraction of sp³-hybridized carbons (Fsp3) is 0.267. The van der Waals surface area contributed by atoms with Crippen LogP contribution in [0.3, 0.4) is 0 Å². The number of nitrogens with one attached hydrogen (secondary N) is 2. The van der Waals surface area contributed by atoms with Crippen LogP contribution < -0.4 is 10.6 Å². The van der Waals surface area contributed by atoms with Crippen molar-refractivity contribution in [1.82, 2.24) is 5.32 Å². The van der Waals surface area contributed by atoms with Crippen molar-refractivity contribution in [1.29, 1.82) is 0 Å². The van der Waals surface area contributed by atoms with Crippen LogP contribution in [0.5, 0.6) is 0 Å². The van der Waals surface area contributed by atoms with Crippen molar-refractivity contribution in [2.24, 2.45) is 0 Å². The lowest BCUT2D eigenvalue weighted by Crippen LogP contribution is -2.25. The van der Waals surface area contributed by atoms with E-state index < -0.39 is 0 Å². The van der Waals surface area contributed by atoms with Crippen LogP contribution in [0.2, 0.25) is 0 Å². The van der Waals surface area contributed by atoms with Gasteiger partial charge in [0.2, 0.25) is 0 Å². The first kappa shape index (κ1) is 13.6. The third-order valence-corrected chi connectivity index (χ3v) is 5.37. The summed E-state index contributed by atoms with van der Waals surface area (Å²) < 4.78 is 1.06. The van der Waals surface area contributed by atoms with E-state index >= 15 is 0 Å². The molecule has 0 atom stereocenters. The molecule has 5 heteroatoms. The average Bonchev–Trinajstić information content (AvgIpc) is 2.89. The van der Waals surface area contributed by atoms with Crippen molar-refractivity contribution in [2.45, 2.75) is 19.4 Å². The maximum atomic E-state index is 12.4. The second-order valence-corrected chi connectivity index (χ2v) is 6.59. The SMILES string of the molecule is O=C(NCc1sccc1Br)c1cccc2c1CCCN2. The highest BCUT2D eigenvalue weighted by Gasteiger charge is 2.17. The van der Waals surface area contributed by atoms with Crippen molar-refractivity contribution >= 4 is 38.9 Å². The molecule has 1 aliphatic rings. The van der Waals surface area contributed by atoms with Crippen LogP contribution in [0.25, 0.3) is 0 Å². The lowest BCUT2D eigenvalue weighted by molar-refractivity contribution is 0.0950. The fourth-order valence-electron chi connectivity index (χ4n) is 2.43. The van der Waals surface area contributed by atoms with Crippen LogP contribution in [-0.4, -0.2) is 12.5 Å². The van der Waals surface area contributed by atoms with Gasteiger partial charge in [0.25, 0.3) is 5.91 Å². The van der Waals surface area contributed by atoms with Gasteiger partial charge in [-0.05, 0) is 57.9 Å². The second-order valence-electron chi connectivity index (χ2n) is 4.74. The molecule has 3 nitrogen and oxygen atoms in total. The molecule has 1 aromatic heterocycles. The molecule has 3 rings (SSSR count). The first-order chi connectivity index (χ1) is 9.75. The normalized spacial score (nSPS) is 13.4. The van der Waals surface area contributed by atoms with Gasteiger partial charge in [-0.2, -0.15) is 0 Å². The molecule has 0 aliphatic carbocycles. The van der Waals surface area contributed by atoms with E-state index in [1.165, 1.54) is 0 Å². The molecule has 2 aromatic rings. The molecule has 0 fully saturated rings. The van der Waals surface area contributed by atoms with Crippen molar-refractivity contribution in [3.63, 3.8) is 0 Å². The molecule has 1 amide bonds. The molecule has 1 aromatic carbocycles. The van der Waals surface area contributed by atoms with Crippen LogP contribution in [0.1, 0.15) is 27.2 Å². The van der Waals surface area contributed by atoms with Crippen LogP contribution in [0.4, 0.5) is 5.69 Å². The third-order valence-electron chi connectivity index (χ3n) is 3.44. The maximum Gasteiger partial charge on any atom is 0.251 e. The number of carbonyl (C=O) groups is 1. The highest BCUT2D eigenvalue weighted by Crippen LogP contribution is 2.26. The summed E-state index contributed by atoms with van der Waals surface area (Å²) in [6.45, 7) is 1.55. The monoisotopic (exact) mass is 350 g/mol. The molecule has 0 unspecified atom stereocenters. The Bertz CT molecular complexity index is 639. The lowest BCUT2D eigenvalue weighted by atomic mass is 9.97. The zero-order valence-corrected chi connectivity index (χ0v) is 13.3. The quantitative estimate of drug-likeness (QED) is 0.883. The van der Waals surface area contributed by atoms with E-state index in [9.17, 15) is 4.79 Å². The van der Waals surface area contributed by atoms with E-state index in [4.69, 9.17) is 0 Å². The predicted molar refractivity (Wildman–Crippen MR) is 86.4 cm³/mol. The van der Waals surface area contributed by atoms with Gasteiger partial charge in [-0.15, -0.1) is 11.3 Å². The van der Waals surface area contributed by atoms with Crippen LogP contribution in [-0.2, 0) is 13.0 Å². The minimum Gasteiger partial charge on any atom is -0.385 e. The minimum atomic E-state index is 0.00542. The summed E-state index contributed by atoms with van der Waals surface area (Å²) in [6.07, 6.45) is 2.04. The Hall–Kier alpha value is -1.33. The molecule has 2 heterocycles. The molecule has 1 aliphatic heterocycles. The molecule has 0 spiro atoms. The first-order valence-corrected chi connectivity index (χ1v) is 8.29. The smallest absolute Gasteiger partial charge is 0.251 e. The molecule has 0 saturated carbocycles. The number of amides is 1. The van der Waals surface area contributed by atoms with E-state index in [0.717, 1.165) is 45.6 Å². The second kappa shape index (κ2) is 5.97. The number of halogens is 1. The molecular formula is C15H15BrN2OS. The summed E-state index contributed by atoms with van der Waals surface area (Å²) in [7, 11) is 0. The summed E-state index contributed by atoms with van der Waals surface area (Å²) in [5.74, 6) is 0.00542. The Morgan fingerprint density at radius 2 is 2.30 bits per heavy atom. The molecule has 0 bridgehead atoms. The Kier molecular flexibility index (Phi) is 4.08. The van der Waals surface area contributed by atoms with Gasteiger partial charge in [0.1, 0.15) is 0 Å². The van der Waals surface area contributed by atoms with Crippen LogP contribution in [0.15, 0.2) is 34.1 Å². The number of benzene rings is 1. The summed E-state index contributed by atoms with van der Waals surface area (Å²) in [5.41, 5.74) is 3.03. The molecule has 0 saturated heterocycles. The summed E-state index contributed by atoms with van der Waals surface area (Å²) in [5, 5.41) is 8.37. The number of hydrogen-bond acceptors (Lipinski definition) is 3. The topological polar surface area (TPSA) is 41.1 Å². The van der Waals surface area contributed by atoms with Crippen LogP contribution >= 0.6 is 27.3 Å². The summed E-state index contributed by atoms with van der Waals surface area (Å²) in [4.78, 5) is 13.5. The van der Waals surface area contributed by atoms with Crippen molar-refractivity contribution in [2.75, 3.05) is 11.9 Å². The summed E-state index contributed by atoms with van der Waals surface area (Å²) in [6, 6.07) is 7.89.